The highest BCUT2D eigenvalue weighted by atomic mass is 32.2. The molecule has 4 unspecified atom stereocenters. The minimum atomic E-state index is -0.729. The lowest BCUT2D eigenvalue weighted by Crippen LogP contribution is -2.41. The van der Waals surface area contributed by atoms with Crippen LogP contribution in [0.2, 0.25) is 0 Å². The predicted octanol–water partition coefficient (Wildman–Crippen LogP) is 6.10. The Bertz CT molecular complexity index is 1560. The molecule has 1 aromatic heterocycles. The molecule has 3 fully saturated rings. The number of methoxy groups -OCH3 is 2. The zero-order valence-electron chi connectivity index (χ0n) is 24.9. The first-order valence-electron chi connectivity index (χ1n) is 15.1. The number of thioether (sulfide) groups is 1. The van der Waals surface area contributed by atoms with Gasteiger partial charge in [0.15, 0.2) is 0 Å². The van der Waals surface area contributed by atoms with Gasteiger partial charge in [0.25, 0.3) is 5.91 Å². The lowest BCUT2D eigenvalue weighted by molar-refractivity contribution is -0.124. The van der Waals surface area contributed by atoms with Gasteiger partial charge in [0.1, 0.15) is 33.4 Å². The average molecular weight is 632 g/mol. The topological polar surface area (TPSA) is 107 Å². The number of nitrogens with one attached hydrogen (secondary N) is 1. The molecule has 0 radical (unpaired) electrons. The minimum Gasteiger partial charge on any atom is -0.497 e. The summed E-state index contributed by atoms with van der Waals surface area (Å²) >= 11 is 7.07. The van der Waals surface area contributed by atoms with E-state index in [0.717, 1.165) is 23.1 Å². The van der Waals surface area contributed by atoms with E-state index in [9.17, 15) is 9.59 Å². The van der Waals surface area contributed by atoms with Gasteiger partial charge in [0, 0.05) is 30.3 Å². The summed E-state index contributed by atoms with van der Waals surface area (Å²) in [7, 11) is 3.21. The van der Waals surface area contributed by atoms with E-state index in [0.29, 0.717) is 63.5 Å². The monoisotopic (exact) mass is 631 g/mol. The fourth-order valence-corrected chi connectivity index (χ4v) is 8.02. The van der Waals surface area contributed by atoms with Crippen molar-refractivity contribution in [3.05, 3.63) is 76.4 Å². The molecule has 2 aliphatic carbocycles. The van der Waals surface area contributed by atoms with Crippen LogP contribution in [0.4, 0.5) is 0 Å². The normalized spacial score (nSPS) is 22.6. The van der Waals surface area contributed by atoms with Crippen LogP contribution in [-0.4, -0.2) is 47.8 Å². The number of carbonyl (C=O) groups is 2. The first kappa shape index (κ1) is 30.4. The number of thiocarbonyl (C=S) groups is 1. The van der Waals surface area contributed by atoms with E-state index < -0.39 is 6.04 Å². The fraction of sp³-hybridized carbons (Fsp3) is 0.382. The van der Waals surface area contributed by atoms with Gasteiger partial charge in [0.2, 0.25) is 5.91 Å². The van der Waals surface area contributed by atoms with Crippen molar-refractivity contribution in [3.8, 4) is 22.8 Å². The first-order valence-corrected chi connectivity index (χ1v) is 16.3. The maximum absolute atomic E-state index is 13.7. The molecule has 2 saturated carbocycles. The zero-order valence-corrected chi connectivity index (χ0v) is 26.5. The maximum atomic E-state index is 13.7. The van der Waals surface area contributed by atoms with E-state index >= 15 is 0 Å². The van der Waals surface area contributed by atoms with Crippen molar-refractivity contribution < 1.29 is 23.5 Å². The van der Waals surface area contributed by atoms with E-state index in [1.165, 1.54) is 31.0 Å². The standard InChI is InChI=1S/C34H37N3O5S2/c1-40-25-15-24(16-26(18-25)41-2)28-17-23(9-6-12-36-32(38)31(35)21-7-4-3-5-8-21)29(42-28)19-30-33(39)37(34(43)44-30)27-14-20-10-11-22(27)13-20/h3-5,7-8,15-20,22,27,31H,6,9-14,35H2,1-2H3,(H,36,38)/b30-19-. The Labute approximate surface area is 267 Å². The van der Waals surface area contributed by atoms with Crippen molar-refractivity contribution in [2.24, 2.45) is 17.6 Å². The maximum Gasteiger partial charge on any atom is 0.266 e. The zero-order chi connectivity index (χ0) is 30.8. The van der Waals surface area contributed by atoms with Gasteiger partial charge in [0.05, 0.1) is 19.1 Å². The fourth-order valence-electron chi connectivity index (χ4n) is 6.68. The third kappa shape index (κ3) is 6.29. The molecule has 2 aromatic carbocycles. The summed E-state index contributed by atoms with van der Waals surface area (Å²) in [6.07, 6.45) is 7.77. The third-order valence-corrected chi connectivity index (χ3v) is 10.3. The van der Waals surface area contributed by atoms with Crippen molar-refractivity contribution in [3.63, 3.8) is 0 Å². The van der Waals surface area contributed by atoms with Gasteiger partial charge in [-0.2, -0.15) is 0 Å². The van der Waals surface area contributed by atoms with Gasteiger partial charge >= 0.3 is 0 Å². The number of aryl methyl sites for hydroxylation is 1. The number of nitrogens with two attached hydrogens (primary N) is 1. The second-order valence-corrected chi connectivity index (χ2v) is 13.4. The first-order chi connectivity index (χ1) is 21.3. The van der Waals surface area contributed by atoms with Crippen LogP contribution in [0.5, 0.6) is 11.5 Å². The van der Waals surface area contributed by atoms with Crippen LogP contribution in [0.1, 0.15) is 55.0 Å². The summed E-state index contributed by atoms with van der Waals surface area (Å²) in [5.74, 6) is 3.50. The molecule has 10 heteroatoms. The molecule has 0 spiro atoms. The summed E-state index contributed by atoms with van der Waals surface area (Å²) in [4.78, 5) is 28.8. The molecule has 1 saturated heterocycles. The molecular formula is C34H37N3O5S2. The lowest BCUT2D eigenvalue weighted by Gasteiger charge is -2.30. The van der Waals surface area contributed by atoms with Crippen molar-refractivity contribution in [2.75, 3.05) is 20.8 Å². The SMILES string of the molecule is COc1cc(OC)cc(-c2cc(CCCNC(=O)C(N)c3ccccc3)c(/C=C3\SC(=S)N(C4CC5CCC4C5)C3=O)o2)c1. The summed E-state index contributed by atoms with van der Waals surface area (Å²) in [6, 6.07) is 16.3. The van der Waals surface area contributed by atoms with Crippen LogP contribution in [0.25, 0.3) is 17.4 Å². The number of ether oxygens (including phenoxy) is 2. The largest absolute Gasteiger partial charge is 0.497 e. The molecule has 4 atom stereocenters. The smallest absolute Gasteiger partial charge is 0.266 e. The second kappa shape index (κ2) is 13.2. The molecule has 2 bridgehead atoms. The van der Waals surface area contributed by atoms with E-state index in [4.69, 9.17) is 31.8 Å². The molecular weight excluding hydrogens is 595 g/mol. The van der Waals surface area contributed by atoms with Gasteiger partial charge in [-0.15, -0.1) is 0 Å². The predicted molar refractivity (Wildman–Crippen MR) is 176 cm³/mol. The van der Waals surface area contributed by atoms with Crippen LogP contribution < -0.4 is 20.5 Å². The van der Waals surface area contributed by atoms with Crippen molar-refractivity contribution in [1.82, 2.24) is 10.2 Å². The Morgan fingerprint density at radius 2 is 1.89 bits per heavy atom. The van der Waals surface area contributed by atoms with Gasteiger partial charge in [-0.25, -0.2) is 0 Å². The number of nitrogens with zero attached hydrogens (tertiary/aromatic N) is 1. The lowest BCUT2D eigenvalue weighted by atomic mass is 9.94. The van der Waals surface area contributed by atoms with Gasteiger partial charge in [-0.05, 0) is 73.3 Å². The number of carbonyl (C=O) groups excluding carboxylic acids is 2. The quantitative estimate of drug-likeness (QED) is 0.149. The van der Waals surface area contributed by atoms with Crippen LogP contribution in [0.15, 0.2) is 63.9 Å². The Hall–Kier alpha value is -3.60. The van der Waals surface area contributed by atoms with Crippen LogP contribution in [0, 0.1) is 11.8 Å². The number of rotatable bonds is 11. The van der Waals surface area contributed by atoms with Crippen LogP contribution in [0.3, 0.4) is 0 Å². The number of hydrogen-bond donors (Lipinski definition) is 2. The van der Waals surface area contributed by atoms with Crippen LogP contribution in [-0.2, 0) is 16.0 Å². The van der Waals surface area contributed by atoms with Crippen molar-refractivity contribution >= 4 is 46.2 Å². The highest BCUT2D eigenvalue weighted by Gasteiger charge is 2.48. The minimum absolute atomic E-state index is 0.0355. The molecule has 3 aliphatic rings. The molecule has 3 N–H and O–H groups in total. The van der Waals surface area contributed by atoms with Gasteiger partial charge < -0.3 is 24.9 Å². The Kier molecular flexibility index (Phi) is 9.11. The number of amides is 2. The van der Waals surface area contributed by atoms with E-state index in [2.05, 4.69) is 5.32 Å². The highest BCUT2D eigenvalue weighted by Crippen LogP contribution is 2.49. The molecule has 2 heterocycles. The number of hydrogen-bond acceptors (Lipinski definition) is 8. The highest BCUT2D eigenvalue weighted by molar-refractivity contribution is 8.26. The van der Waals surface area contributed by atoms with Crippen molar-refractivity contribution in [1.29, 1.82) is 0 Å². The van der Waals surface area contributed by atoms with Crippen LogP contribution >= 0.6 is 24.0 Å². The van der Waals surface area contributed by atoms with Gasteiger partial charge in [-0.3, -0.25) is 14.5 Å². The molecule has 1 aliphatic heterocycles. The average Bonchev–Trinajstić information content (AvgIpc) is 3.83. The summed E-state index contributed by atoms with van der Waals surface area (Å²) in [6.45, 7) is 0.443. The third-order valence-electron chi connectivity index (χ3n) is 8.96. The molecule has 8 nitrogen and oxygen atoms in total. The summed E-state index contributed by atoms with van der Waals surface area (Å²) < 4.78 is 18.0. The molecule has 2 amide bonds. The Morgan fingerprint density at radius 3 is 2.55 bits per heavy atom. The molecule has 230 valence electrons. The van der Waals surface area contributed by atoms with E-state index in [1.54, 1.807) is 20.3 Å². The summed E-state index contributed by atoms with van der Waals surface area (Å²) in [5, 5.41) is 2.95. The Balaban J connectivity index is 1.22. The number of fused-ring (bicyclic) bond motifs is 2. The molecule has 3 aromatic rings. The second-order valence-electron chi connectivity index (χ2n) is 11.7. The number of furan rings is 1. The van der Waals surface area contributed by atoms with E-state index in [-0.39, 0.29) is 17.9 Å². The number of benzene rings is 2. The van der Waals surface area contributed by atoms with E-state index in [1.807, 2.05) is 59.5 Å². The molecule has 44 heavy (non-hydrogen) atoms. The molecule has 6 rings (SSSR count). The van der Waals surface area contributed by atoms with Crippen molar-refractivity contribution in [2.45, 2.75) is 50.6 Å². The summed E-state index contributed by atoms with van der Waals surface area (Å²) in [5.41, 5.74) is 8.64. The van der Waals surface area contributed by atoms with Gasteiger partial charge in [-0.1, -0.05) is 60.7 Å². The Morgan fingerprint density at radius 1 is 1.14 bits per heavy atom.